The second kappa shape index (κ2) is 6.87. The molecule has 0 fully saturated rings. The molecule has 0 atom stereocenters. The molecule has 0 amide bonds. The summed E-state index contributed by atoms with van der Waals surface area (Å²) in [6, 6.07) is 1.83. The first kappa shape index (κ1) is 18.1. The first-order chi connectivity index (χ1) is 12.4. The Morgan fingerprint density at radius 3 is 2.73 bits per heavy atom. The second-order valence-corrected chi connectivity index (χ2v) is 7.12. The van der Waals surface area contributed by atoms with Crippen LogP contribution in [0, 0.1) is 13.8 Å². The molecule has 0 unspecified atom stereocenters. The molecule has 26 heavy (non-hydrogen) atoms. The van der Waals surface area contributed by atoms with E-state index in [0.717, 1.165) is 11.3 Å². The van der Waals surface area contributed by atoms with E-state index in [9.17, 15) is 14.4 Å². The van der Waals surface area contributed by atoms with Crippen molar-refractivity contribution in [3.8, 4) is 0 Å². The van der Waals surface area contributed by atoms with Gasteiger partial charge in [0.1, 0.15) is 4.83 Å². The summed E-state index contributed by atoms with van der Waals surface area (Å²) >= 11 is 1.48. The van der Waals surface area contributed by atoms with Crippen molar-refractivity contribution in [1.82, 2.24) is 14.5 Å². The summed E-state index contributed by atoms with van der Waals surface area (Å²) < 4.78 is 6.05. The van der Waals surface area contributed by atoms with Crippen LogP contribution in [0.4, 0.5) is 0 Å². The van der Waals surface area contributed by atoms with Crippen LogP contribution >= 0.6 is 11.3 Å². The fraction of sp³-hybridized carbons (Fsp3) is 0.333. The Morgan fingerprint density at radius 1 is 1.35 bits per heavy atom. The number of ether oxygens (including phenoxy) is 1. The molecule has 0 aliphatic rings. The lowest BCUT2D eigenvalue weighted by molar-refractivity contribution is 0.0599. The summed E-state index contributed by atoms with van der Waals surface area (Å²) in [6.07, 6.45) is 2.22. The molecule has 0 aliphatic carbocycles. The van der Waals surface area contributed by atoms with Gasteiger partial charge in [0.2, 0.25) is 0 Å². The maximum atomic E-state index is 12.7. The van der Waals surface area contributed by atoms with E-state index in [1.807, 2.05) is 13.0 Å². The number of Topliss-reactive ketones (excluding diaryl/α,β-unsaturated/α-hetero) is 1. The minimum absolute atomic E-state index is 0.152. The van der Waals surface area contributed by atoms with Crippen molar-refractivity contribution in [2.24, 2.45) is 0 Å². The Hall–Kier alpha value is -2.74. The molecule has 3 aromatic heterocycles. The SMILES string of the molecule is CCc1cc2c(=O)n(CC(=O)c3[nH]c(C)c(C(=O)OC)c3C)cnc2s1. The highest BCUT2D eigenvalue weighted by molar-refractivity contribution is 7.18. The summed E-state index contributed by atoms with van der Waals surface area (Å²) in [7, 11) is 1.29. The van der Waals surface area contributed by atoms with E-state index in [-0.39, 0.29) is 17.9 Å². The lowest BCUT2D eigenvalue weighted by atomic mass is 10.1. The number of nitrogens with zero attached hydrogens (tertiary/aromatic N) is 2. The molecule has 7 nitrogen and oxygen atoms in total. The lowest BCUT2D eigenvalue weighted by Crippen LogP contribution is -2.24. The predicted molar refractivity (Wildman–Crippen MR) is 99.2 cm³/mol. The van der Waals surface area contributed by atoms with Crippen molar-refractivity contribution >= 4 is 33.3 Å². The molecular weight excluding hydrogens is 354 g/mol. The molecule has 8 heteroatoms. The number of aryl methyl sites for hydroxylation is 2. The monoisotopic (exact) mass is 373 g/mol. The fourth-order valence-electron chi connectivity index (χ4n) is 2.97. The van der Waals surface area contributed by atoms with Gasteiger partial charge in [0.25, 0.3) is 5.56 Å². The zero-order valence-electron chi connectivity index (χ0n) is 15.0. The van der Waals surface area contributed by atoms with Crippen LogP contribution in [0.5, 0.6) is 0 Å². The minimum Gasteiger partial charge on any atom is -0.465 e. The summed E-state index contributed by atoms with van der Waals surface area (Å²) in [5, 5.41) is 0.525. The molecule has 0 aliphatic heterocycles. The highest BCUT2D eigenvalue weighted by Gasteiger charge is 2.23. The minimum atomic E-state index is -0.499. The van der Waals surface area contributed by atoms with Gasteiger partial charge >= 0.3 is 5.97 Å². The van der Waals surface area contributed by atoms with Gasteiger partial charge < -0.3 is 9.72 Å². The third kappa shape index (κ3) is 2.96. The number of carbonyl (C=O) groups is 2. The highest BCUT2D eigenvalue weighted by atomic mass is 32.1. The first-order valence-corrected chi connectivity index (χ1v) is 8.97. The van der Waals surface area contributed by atoms with Gasteiger partial charge in [-0.05, 0) is 31.9 Å². The number of methoxy groups -OCH3 is 1. The van der Waals surface area contributed by atoms with Crippen molar-refractivity contribution in [2.45, 2.75) is 33.7 Å². The van der Waals surface area contributed by atoms with Crippen molar-refractivity contribution < 1.29 is 14.3 Å². The van der Waals surface area contributed by atoms with Gasteiger partial charge in [-0.15, -0.1) is 11.3 Å². The van der Waals surface area contributed by atoms with Crippen molar-refractivity contribution in [1.29, 1.82) is 0 Å². The molecule has 3 rings (SSSR count). The summed E-state index contributed by atoms with van der Waals surface area (Å²) in [5.74, 6) is -0.795. The number of esters is 1. The summed E-state index contributed by atoms with van der Waals surface area (Å²) in [4.78, 5) is 46.2. The Labute approximate surface area is 153 Å². The molecule has 0 saturated heterocycles. The molecule has 0 bridgehead atoms. The standard InChI is InChI=1S/C18H19N3O4S/c1-5-11-6-12-16(26-11)19-8-21(17(12)23)7-13(22)15-9(2)14(10(3)20-15)18(24)25-4/h6,8,20H,5,7H2,1-4H3. The van der Waals surface area contributed by atoms with Gasteiger partial charge in [0.15, 0.2) is 5.78 Å². The van der Waals surface area contributed by atoms with Crippen molar-refractivity contribution in [3.63, 3.8) is 0 Å². The smallest absolute Gasteiger partial charge is 0.339 e. The van der Waals surface area contributed by atoms with E-state index in [2.05, 4.69) is 9.97 Å². The Kier molecular flexibility index (Phi) is 4.78. The van der Waals surface area contributed by atoms with Gasteiger partial charge in [-0.3, -0.25) is 14.2 Å². The fourth-order valence-corrected chi connectivity index (χ4v) is 3.89. The third-order valence-electron chi connectivity index (χ3n) is 4.34. The van der Waals surface area contributed by atoms with Gasteiger partial charge in [0.05, 0.1) is 36.6 Å². The van der Waals surface area contributed by atoms with E-state index in [0.29, 0.717) is 32.7 Å². The molecular formula is C18H19N3O4S. The Bertz CT molecular complexity index is 1070. The molecule has 0 aromatic carbocycles. The number of hydrogen-bond donors (Lipinski definition) is 1. The number of hydrogen-bond acceptors (Lipinski definition) is 6. The number of ketones is 1. The normalized spacial score (nSPS) is 11.1. The number of nitrogens with one attached hydrogen (secondary N) is 1. The number of rotatable bonds is 5. The van der Waals surface area contributed by atoms with Crippen molar-refractivity contribution in [2.75, 3.05) is 7.11 Å². The number of H-pyrrole nitrogens is 1. The maximum absolute atomic E-state index is 12.7. The lowest BCUT2D eigenvalue weighted by Gasteiger charge is -2.05. The maximum Gasteiger partial charge on any atom is 0.339 e. The zero-order chi connectivity index (χ0) is 19.0. The van der Waals surface area contributed by atoms with E-state index in [1.54, 1.807) is 13.8 Å². The van der Waals surface area contributed by atoms with Crippen LogP contribution in [0.3, 0.4) is 0 Å². The average molecular weight is 373 g/mol. The Morgan fingerprint density at radius 2 is 2.08 bits per heavy atom. The molecule has 136 valence electrons. The molecule has 0 spiro atoms. The van der Waals surface area contributed by atoms with E-state index in [1.165, 1.54) is 29.3 Å². The topological polar surface area (TPSA) is 94.1 Å². The average Bonchev–Trinajstić information content (AvgIpc) is 3.18. The van der Waals surface area contributed by atoms with Gasteiger partial charge in [0, 0.05) is 10.6 Å². The predicted octanol–water partition coefficient (Wildman–Crippen LogP) is 2.63. The van der Waals surface area contributed by atoms with Crippen LogP contribution in [-0.2, 0) is 17.7 Å². The van der Waals surface area contributed by atoms with Gasteiger partial charge in [-0.2, -0.15) is 0 Å². The van der Waals surface area contributed by atoms with Crippen LogP contribution in [-0.4, -0.2) is 33.4 Å². The van der Waals surface area contributed by atoms with Gasteiger partial charge in [-0.25, -0.2) is 9.78 Å². The van der Waals surface area contributed by atoms with E-state index >= 15 is 0 Å². The zero-order valence-corrected chi connectivity index (χ0v) is 15.8. The van der Waals surface area contributed by atoms with E-state index < -0.39 is 5.97 Å². The number of fused-ring (bicyclic) bond motifs is 1. The summed E-state index contributed by atoms with van der Waals surface area (Å²) in [6.45, 7) is 5.25. The Balaban J connectivity index is 1.96. The van der Waals surface area contributed by atoms with Crippen LogP contribution in [0.25, 0.3) is 10.2 Å². The molecule has 1 N–H and O–H groups in total. The number of aromatic nitrogens is 3. The molecule has 0 radical (unpaired) electrons. The van der Waals surface area contributed by atoms with Crippen LogP contribution < -0.4 is 5.56 Å². The highest BCUT2D eigenvalue weighted by Crippen LogP contribution is 2.22. The second-order valence-electron chi connectivity index (χ2n) is 6.00. The number of aromatic amines is 1. The molecule has 3 aromatic rings. The van der Waals surface area contributed by atoms with Crippen LogP contribution in [0.15, 0.2) is 17.2 Å². The number of carbonyl (C=O) groups excluding carboxylic acids is 2. The van der Waals surface area contributed by atoms with Crippen LogP contribution in [0.2, 0.25) is 0 Å². The first-order valence-electron chi connectivity index (χ1n) is 8.15. The van der Waals surface area contributed by atoms with E-state index in [4.69, 9.17) is 4.74 Å². The summed E-state index contributed by atoms with van der Waals surface area (Å²) in [5.41, 5.74) is 1.49. The van der Waals surface area contributed by atoms with Crippen LogP contribution in [0.1, 0.15) is 43.9 Å². The third-order valence-corrected chi connectivity index (χ3v) is 5.52. The van der Waals surface area contributed by atoms with Gasteiger partial charge in [-0.1, -0.05) is 6.92 Å². The number of thiophene rings is 1. The van der Waals surface area contributed by atoms with Crippen molar-refractivity contribution in [3.05, 3.63) is 50.1 Å². The quantitative estimate of drug-likeness (QED) is 0.548. The molecule has 0 saturated carbocycles. The molecule has 3 heterocycles. The largest absolute Gasteiger partial charge is 0.465 e.